The monoisotopic (exact) mass is 333 g/mol. The van der Waals surface area contributed by atoms with Crippen LogP contribution in [0.1, 0.15) is 15.1 Å². The van der Waals surface area contributed by atoms with Crippen LogP contribution in [0.3, 0.4) is 0 Å². The van der Waals surface area contributed by atoms with E-state index in [0.717, 1.165) is 0 Å². The molecule has 0 unspecified atom stereocenters. The minimum absolute atomic E-state index is 0.0316. The Bertz CT molecular complexity index is 1430. The molecule has 1 aromatic heterocycles. The summed E-state index contributed by atoms with van der Waals surface area (Å²) in [5.74, 6) is 0. The molecule has 0 amide bonds. The van der Waals surface area contributed by atoms with Gasteiger partial charge in [-0.1, -0.05) is 60.4 Å². The minimum Gasteiger partial charge on any atom is -0.454 e. The van der Waals surface area contributed by atoms with Gasteiger partial charge in [0, 0.05) is 16.3 Å². The second kappa shape index (κ2) is 4.50. The van der Waals surface area contributed by atoms with Gasteiger partial charge in [-0.3, -0.25) is 0 Å². The number of hydrogen-bond acceptors (Lipinski definition) is 1. The smallest absolute Gasteiger partial charge is 0.149 e. The van der Waals surface area contributed by atoms with Crippen LogP contribution in [0.15, 0.2) is 75.4 Å². The Labute approximate surface area is 140 Å². The van der Waals surface area contributed by atoms with Gasteiger partial charge in [0.05, 0.1) is 19.6 Å². The normalized spacial score (nSPS) is 18.9. The molecular formula is C18H11BrO. The number of halogens is 1. The lowest BCUT2D eigenvalue weighted by Gasteiger charge is -2.01. The molecule has 0 saturated carbocycles. The summed E-state index contributed by atoms with van der Waals surface area (Å²) >= 11 is 3.15. The molecule has 0 N–H and O–H groups in total. The summed E-state index contributed by atoms with van der Waals surface area (Å²) < 4.78 is 95.1. The Morgan fingerprint density at radius 2 is 1.45 bits per heavy atom. The molecule has 0 radical (unpaired) electrons. The summed E-state index contributed by atoms with van der Waals surface area (Å²) in [5, 5.41) is -0.132. The summed E-state index contributed by atoms with van der Waals surface area (Å²) in [6.45, 7) is 0. The van der Waals surface area contributed by atoms with Crippen LogP contribution >= 0.6 is 15.9 Å². The number of furan rings is 1. The van der Waals surface area contributed by atoms with E-state index in [-0.39, 0.29) is 43.6 Å². The highest BCUT2D eigenvalue weighted by molar-refractivity contribution is 9.10. The lowest BCUT2D eigenvalue weighted by atomic mass is 10.0. The molecule has 3 aromatic carbocycles. The molecule has 4 aromatic rings. The fourth-order valence-corrected chi connectivity index (χ4v) is 2.35. The van der Waals surface area contributed by atoms with E-state index in [9.17, 15) is 0 Å². The van der Waals surface area contributed by atoms with Gasteiger partial charge in [-0.2, -0.15) is 0 Å². The van der Waals surface area contributed by atoms with Gasteiger partial charge in [-0.05, 0) is 27.5 Å². The SMILES string of the molecule is [2H]c1c([2H])c([2H])c(-c2c([2H])c([2H])c([2H])c3c2oc2c(Br)c([2H])c([2H])c([2H])c23)c([2H])c1[2H]. The predicted octanol–water partition coefficient (Wildman–Crippen LogP) is 6.02. The van der Waals surface area contributed by atoms with E-state index < -0.39 is 60.4 Å². The number of rotatable bonds is 1. The van der Waals surface area contributed by atoms with E-state index in [2.05, 4.69) is 15.9 Å². The van der Waals surface area contributed by atoms with Gasteiger partial charge in [0.1, 0.15) is 11.2 Å². The Hall–Kier alpha value is -2.06. The van der Waals surface area contributed by atoms with Crippen molar-refractivity contribution in [3.63, 3.8) is 0 Å². The summed E-state index contributed by atoms with van der Waals surface area (Å²) in [4.78, 5) is 0. The Morgan fingerprint density at radius 1 is 0.750 bits per heavy atom. The molecule has 0 aliphatic heterocycles. The van der Waals surface area contributed by atoms with E-state index in [0.29, 0.717) is 0 Å². The Morgan fingerprint density at radius 3 is 2.25 bits per heavy atom. The van der Waals surface area contributed by atoms with E-state index in [4.69, 9.17) is 19.5 Å². The quantitative estimate of drug-likeness (QED) is 0.415. The fourth-order valence-electron chi connectivity index (χ4n) is 1.97. The van der Waals surface area contributed by atoms with Crippen LogP contribution in [0.2, 0.25) is 0 Å². The highest BCUT2D eigenvalue weighted by Gasteiger charge is 2.13. The van der Waals surface area contributed by atoms with Crippen LogP contribution in [0.4, 0.5) is 0 Å². The van der Waals surface area contributed by atoms with Gasteiger partial charge in [0.25, 0.3) is 0 Å². The maximum Gasteiger partial charge on any atom is 0.149 e. The zero-order chi connectivity index (χ0) is 23.1. The average molecular weight is 334 g/mol. The van der Waals surface area contributed by atoms with Crippen molar-refractivity contribution in [2.24, 2.45) is 0 Å². The first-order chi connectivity index (χ1) is 14.4. The van der Waals surface area contributed by atoms with Gasteiger partial charge in [-0.25, -0.2) is 0 Å². The van der Waals surface area contributed by atoms with Gasteiger partial charge in [-0.15, -0.1) is 0 Å². The molecule has 1 heterocycles. The molecule has 20 heavy (non-hydrogen) atoms. The van der Waals surface area contributed by atoms with Crippen LogP contribution < -0.4 is 0 Å². The van der Waals surface area contributed by atoms with Crippen molar-refractivity contribution in [3.8, 4) is 11.1 Å². The molecule has 4 rings (SSSR count). The first-order valence-electron chi connectivity index (χ1n) is 11.1. The third-order valence-corrected chi connectivity index (χ3v) is 3.38. The fraction of sp³-hybridized carbons (Fsp3) is 0. The first-order valence-corrected chi connectivity index (χ1v) is 6.39. The molecule has 0 spiro atoms. The highest BCUT2D eigenvalue weighted by Crippen LogP contribution is 2.38. The molecule has 0 saturated heterocycles. The zero-order valence-corrected chi connectivity index (χ0v) is 11.4. The first kappa shape index (κ1) is 5.05. The largest absolute Gasteiger partial charge is 0.454 e. The van der Waals surface area contributed by atoms with Crippen molar-refractivity contribution < 1.29 is 19.5 Å². The third kappa shape index (κ3) is 1.69. The van der Waals surface area contributed by atoms with E-state index in [1.165, 1.54) is 0 Å². The van der Waals surface area contributed by atoms with Crippen LogP contribution in [-0.2, 0) is 0 Å². The molecule has 0 bridgehead atoms. The van der Waals surface area contributed by atoms with E-state index in [1.807, 2.05) is 0 Å². The summed E-state index contributed by atoms with van der Waals surface area (Å²) in [6, 6.07) is -5.91. The second-order valence-corrected chi connectivity index (χ2v) is 4.74. The van der Waals surface area contributed by atoms with E-state index >= 15 is 0 Å². The second-order valence-electron chi connectivity index (χ2n) is 3.95. The van der Waals surface area contributed by atoms with Crippen molar-refractivity contribution in [1.82, 2.24) is 0 Å². The molecule has 1 nitrogen and oxygen atoms in total. The van der Waals surface area contributed by atoms with Crippen LogP contribution in [0.5, 0.6) is 0 Å². The van der Waals surface area contributed by atoms with Crippen molar-refractivity contribution in [2.45, 2.75) is 0 Å². The minimum atomic E-state index is -0.634. The molecular weight excluding hydrogens is 312 g/mol. The van der Waals surface area contributed by atoms with Crippen LogP contribution in [0, 0.1) is 0 Å². The standard InChI is InChI=1S/C18H11BrO/c19-16-11-5-10-15-14-9-4-8-13(17(14)20-18(15)16)12-6-2-1-3-7-12/h1-11H/i1D,2D,3D,4D,5D,6D,7D,8D,9D,10D,11D. The topological polar surface area (TPSA) is 13.1 Å². The summed E-state index contributed by atoms with van der Waals surface area (Å²) in [5.41, 5.74) is -0.936. The Balaban J connectivity index is 2.36. The molecule has 0 atom stereocenters. The van der Waals surface area contributed by atoms with Crippen molar-refractivity contribution in [2.75, 3.05) is 0 Å². The molecule has 2 heteroatoms. The number of hydrogen-bond donors (Lipinski definition) is 0. The molecule has 0 aliphatic rings. The molecule has 0 fully saturated rings. The van der Waals surface area contributed by atoms with E-state index in [1.54, 1.807) is 0 Å². The van der Waals surface area contributed by atoms with Crippen molar-refractivity contribution in [1.29, 1.82) is 0 Å². The summed E-state index contributed by atoms with van der Waals surface area (Å²) in [7, 11) is 0. The van der Waals surface area contributed by atoms with Crippen molar-refractivity contribution >= 4 is 37.9 Å². The van der Waals surface area contributed by atoms with Gasteiger partial charge in [0.2, 0.25) is 0 Å². The number of fused-ring (bicyclic) bond motifs is 3. The van der Waals surface area contributed by atoms with Gasteiger partial charge >= 0.3 is 0 Å². The van der Waals surface area contributed by atoms with Gasteiger partial charge < -0.3 is 4.42 Å². The Kier molecular flexibility index (Phi) is 1.13. The van der Waals surface area contributed by atoms with Gasteiger partial charge in [0.15, 0.2) is 0 Å². The molecule has 96 valence electrons. The lowest BCUT2D eigenvalue weighted by Crippen LogP contribution is -1.77. The predicted molar refractivity (Wildman–Crippen MR) is 86.9 cm³/mol. The van der Waals surface area contributed by atoms with Crippen LogP contribution in [0.25, 0.3) is 33.1 Å². The van der Waals surface area contributed by atoms with Crippen molar-refractivity contribution in [3.05, 3.63) is 70.9 Å². The lowest BCUT2D eigenvalue weighted by molar-refractivity contribution is 0.668. The highest BCUT2D eigenvalue weighted by atomic mass is 79.9. The number of para-hydroxylation sites is 2. The maximum absolute atomic E-state index is 8.37. The zero-order valence-electron chi connectivity index (χ0n) is 20.8. The maximum atomic E-state index is 8.37. The summed E-state index contributed by atoms with van der Waals surface area (Å²) in [6.07, 6.45) is 0. The number of benzene rings is 3. The average Bonchev–Trinajstić information content (AvgIpc) is 3.14. The third-order valence-electron chi connectivity index (χ3n) is 2.82. The molecule has 0 aliphatic carbocycles. The van der Waals surface area contributed by atoms with Crippen LogP contribution in [-0.4, -0.2) is 0 Å².